The van der Waals surface area contributed by atoms with E-state index < -0.39 is 0 Å². The molecule has 3 heteroatoms. The van der Waals surface area contributed by atoms with Crippen LogP contribution in [-0.4, -0.2) is 6.61 Å². The number of benzene rings is 1. The molecule has 0 saturated heterocycles. The van der Waals surface area contributed by atoms with Crippen molar-refractivity contribution in [1.82, 2.24) is 0 Å². The van der Waals surface area contributed by atoms with Gasteiger partial charge >= 0.3 is 0 Å². The van der Waals surface area contributed by atoms with Crippen LogP contribution in [0.15, 0.2) is 22.7 Å². The smallest absolute Gasteiger partial charge is 0.0748 e. The quantitative estimate of drug-likeness (QED) is 0.604. The van der Waals surface area contributed by atoms with E-state index in [1.54, 1.807) is 0 Å². The summed E-state index contributed by atoms with van der Waals surface area (Å²) in [7, 11) is 0. The Morgan fingerprint density at radius 2 is 2.06 bits per heavy atom. The van der Waals surface area contributed by atoms with Crippen molar-refractivity contribution >= 4 is 21.6 Å². The molecule has 0 aliphatic carbocycles. The second kappa shape index (κ2) is 7.69. The Bertz CT molecular complexity index is 295. The Balaban J connectivity index is 2.26. The zero-order valence-electron chi connectivity index (χ0n) is 9.84. The summed E-state index contributed by atoms with van der Waals surface area (Å²) < 4.78 is 6.65. The number of nitrogens with two attached hydrogens (primary N) is 1. The molecular formula is C13H20BrNO. The van der Waals surface area contributed by atoms with E-state index in [1.807, 2.05) is 18.2 Å². The van der Waals surface area contributed by atoms with Gasteiger partial charge < -0.3 is 10.5 Å². The number of hydrogen-bond acceptors (Lipinski definition) is 2. The molecule has 90 valence electrons. The van der Waals surface area contributed by atoms with E-state index in [1.165, 1.54) is 19.3 Å². The van der Waals surface area contributed by atoms with Gasteiger partial charge in [0.15, 0.2) is 0 Å². The van der Waals surface area contributed by atoms with Crippen LogP contribution in [0.4, 0.5) is 5.69 Å². The molecule has 0 radical (unpaired) electrons. The van der Waals surface area contributed by atoms with Gasteiger partial charge in [0.05, 0.1) is 6.61 Å². The van der Waals surface area contributed by atoms with E-state index in [2.05, 4.69) is 22.9 Å². The predicted octanol–water partition coefficient (Wildman–Crippen LogP) is 4.13. The van der Waals surface area contributed by atoms with Crippen LogP contribution < -0.4 is 5.73 Å². The summed E-state index contributed by atoms with van der Waals surface area (Å²) in [5.41, 5.74) is 7.72. The van der Waals surface area contributed by atoms with E-state index in [-0.39, 0.29) is 0 Å². The largest absolute Gasteiger partial charge is 0.398 e. The lowest BCUT2D eigenvalue weighted by atomic mass is 10.2. The Hall–Kier alpha value is -0.540. The molecule has 0 unspecified atom stereocenters. The van der Waals surface area contributed by atoms with Crippen LogP contribution in [-0.2, 0) is 11.3 Å². The Morgan fingerprint density at radius 3 is 2.75 bits per heavy atom. The van der Waals surface area contributed by atoms with Gasteiger partial charge in [-0.3, -0.25) is 0 Å². The maximum Gasteiger partial charge on any atom is 0.0748 e. The first-order valence-electron chi connectivity index (χ1n) is 5.86. The molecular weight excluding hydrogens is 266 g/mol. The fourth-order valence-corrected chi connectivity index (χ4v) is 2.03. The molecule has 0 heterocycles. The molecule has 0 atom stereocenters. The van der Waals surface area contributed by atoms with Crippen molar-refractivity contribution in [3.8, 4) is 0 Å². The molecule has 1 aromatic rings. The van der Waals surface area contributed by atoms with E-state index in [0.29, 0.717) is 6.61 Å². The van der Waals surface area contributed by atoms with Crippen molar-refractivity contribution in [2.45, 2.75) is 39.2 Å². The fraction of sp³-hybridized carbons (Fsp3) is 0.538. The topological polar surface area (TPSA) is 35.2 Å². The second-order valence-corrected chi connectivity index (χ2v) is 4.78. The Kier molecular flexibility index (Phi) is 6.50. The van der Waals surface area contributed by atoms with Crippen LogP contribution >= 0.6 is 15.9 Å². The Morgan fingerprint density at radius 1 is 1.25 bits per heavy atom. The summed E-state index contributed by atoms with van der Waals surface area (Å²) in [6, 6.07) is 5.83. The molecule has 0 aromatic heterocycles. The van der Waals surface area contributed by atoms with Crippen LogP contribution in [0.5, 0.6) is 0 Å². The highest BCUT2D eigenvalue weighted by molar-refractivity contribution is 9.10. The van der Waals surface area contributed by atoms with Gasteiger partial charge in [-0.05, 0) is 18.6 Å². The third-order valence-electron chi connectivity index (χ3n) is 2.54. The van der Waals surface area contributed by atoms with E-state index in [9.17, 15) is 0 Å². The van der Waals surface area contributed by atoms with Crippen LogP contribution in [0, 0.1) is 0 Å². The highest BCUT2D eigenvalue weighted by Gasteiger charge is 2.03. The number of unbranched alkanes of at least 4 members (excludes halogenated alkanes) is 3. The third-order valence-corrected chi connectivity index (χ3v) is 3.29. The van der Waals surface area contributed by atoms with Crippen molar-refractivity contribution in [2.24, 2.45) is 0 Å². The first-order chi connectivity index (χ1) is 7.75. The van der Waals surface area contributed by atoms with Gasteiger partial charge in [-0.25, -0.2) is 0 Å². The third kappa shape index (κ3) is 4.54. The van der Waals surface area contributed by atoms with Gasteiger partial charge in [-0.2, -0.15) is 0 Å². The normalized spacial score (nSPS) is 10.6. The highest BCUT2D eigenvalue weighted by atomic mass is 79.9. The first kappa shape index (κ1) is 13.5. The zero-order chi connectivity index (χ0) is 11.8. The Labute approximate surface area is 106 Å². The minimum atomic E-state index is 0.597. The number of halogens is 1. The van der Waals surface area contributed by atoms with Gasteiger partial charge in [0.1, 0.15) is 0 Å². The fourth-order valence-electron chi connectivity index (χ4n) is 1.53. The van der Waals surface area contributed by atoms with Gasteiger partial charge in [-0.1, -0.05) is 48.2 Å². The van der Waals surface area contributed by atoms with Gasteiger partial charge in [0, 0.05) is 22.3 Å². The minimum absolute atomic E-state index is 0.597. The van der Waals surface area contributed by atoms with Crippen LogP contribution in [0.1, 0.15) is 38.2 Å². The molecule has 0 spiro atoms. The first-order valence-corrected chi connectivity index (χ1v) is 6.65. The predicted molar refractivity (Wildman–Crippen MR) is 72.4 cm³/mol. The molecule has 0 bridgehead atoms. The summed E-state index contributed by atoms with van der Waals surface area (Å²) in [6.07, 6.45) is 4.94. The number of ether oxygens (including phenoxy) is 1. The number of hydrogen-bond donors (Lipinski definition) is 1. The molecule has 1 rings (SSSR count). The molecule has 0 saturated carbocycles. The van der Waals surface area contributed by atoms with Crippen LogP contribution in [0.25, 0.3) is 0 Å². The monoisotopic (exact) mass is 285 g/mol. The van der Waals surface area contributed by atoms with E-state index in [4.69, 9.17) is 10.5 Å². The van der Waals surface area contributed by atoms with Crippen molar-refractivity contribution in [2.75, 3.05) is 12.3 Å². The average molecular weight is 286 g/mol. The van der Waals surface area contributed by atoms with Gasteiger partial charge in [0.25, 0.3) is 0 Å². The summed E-state index contributed by atoms with van der Waals surface area (Å²) in [6.45, 7) is 3.63. The molecule has 2 N–H and O–H groups in total. The lowest BCUT2D eigenvalue weighted by molar-refractivity contribution is 0.117. The lowest BCUT2D eigenvalue weighted by Crippen LogP contribution is -2.00. The van der Waals surface area contributed by atoms with Crippen molar-refractivity contribution in [1.29, 1.82) is 0 Å². The molecule has 16 heavy (non-hydrogen) atoms. The number of anilines is 1. The summed E-state index contributed by atoms with van der Waals surface area (Å²) in [4.78, 5) is 0. The SMILES string of the molecule is CCCCCCOCc1c(N)cccc1Br. The molecule has 0 fully saturated rings. The van der Waals surface area contributed by atoms with Crippen LogP contribution in [0.3, 0.4) is 0 Å². The average Bonchev–Trinajstić information content (AvgIpc) is 2.26. The summed E-state index contributed by atoms with van der Waals surface area (Å²) in [5.74, 6) is 0. The number of rotatable bonds is 7. The zero-order valence-corrected chi connectivity index (χ0v) is 11.4. The molecule has 0 aliphatic rings. The second-order valence-electron chi connectivity index (χ2n) is 3.92. The maximum absolute atomic E-state index is 5.87. The minimum Gasteiger partial charge on any atom is -0.398 e. The van der Waals surface area contributed by atoms with Crippen LogP contribution in [0.2, 0.25) is 0 Å². The molecule has 1 aromatic carbocycles. The van der Waals surface area contributed by atoms with Crippen molar-refractivity contribution in [3.63, 3.8) is 0 Å². The molecule has 2 nitrogen and oxygen atoms in total. The molecule has 0 aliphatic heterocycles. The lowest BCUT2D eigenvalue weighted by Gasteiger charge is -2.08. The summed E-state index contributed by atoms with van der Waals surface area (Å²) in [5, 5.41) is 0. The highest BCUT2D eigenvalue weighted by Crippen LogP contribution is 2.23. The number of nitrogen functional groups attached to an aromatic ring is 1. The van der Waals surface area contributed by atoms with Gasteiger partial charge in [0.2, 0.25) is 0 Å². The van der Waals surface area contributed by atoms with Crippen molar-refractivity contribution in [3.05, 3.63) is 28.2 Å². The van der Waals surface area contributed by atoms with E-state index in [0.717, 1.165) is 28.8 Å². The van der Waals surface area contributed by atoms with Gasteiger partial charge in [-0.15, -0.1) is 0 Å². The van der Waals surface area contributed by atoms with Crippen molar-refractivity contribution < 1.29 is 4.74 Å². The standard InChI is InChI=1S/C13H20BrNO/c1-2-3-4-5-9-16-10-11-12(14)7-6-8-13(11)15/h6-8H,2-5,9-10,15H2,1H3. The summed E-state index contributed by atoms with van der Waals surface area (Å²) >= 11 is 3.48. The maximum atomic E-state index is 5.87. The molecule has 0 amide bonds. The van der Waals surface area contributed by atoms with E-state index >= 15 is 0 Å².